The average molecular weight is 392 g/mol. The Morgan fingerprint density at radius 2 is 1.96 bits per heavy atom. The van der Waals surface area contributed by atoms with Crippen LogP contribution in [0.2, 0.25) is 0 Å². The molecule has 0 atom stereocenters. The lowest BCUT2D eigenvalue weighted by molar-refractivity contribution is -0.119. The number of aryl methyl sites for hydroxylation is 1. The molecule has 9 heteroatoms. The molecule has 1 N–H and O–H groups in total. The van der Waals surface area contributed by atoms with Crippen molar-refractivity contribution < 1.29 is 27.2 Å². The molecule has 0 spiro atoms. The number of nitrogens with one attached hydrogen (secondary N) is 1. The molecule has 1 fully saturated rings. The van der Waals surface area contributed by atoms with Crippen molar-refractivity contribution in [3.63, 3.8) is 0 Å². The van der Waals surface area contributed by atoms with E-state index in [1.807, 2.05) is 0 Å². The highest BCUT2D eigenvalue weighted by atomic mass is 32.2. The van der Waals surface area contributed by atoms with Crippen LogP contribution in [0.5, 0.6) is 0 Å². The molecule has 0 aliphatic carbocycles. The number of amides is 1. The Kier molecular flexibility index (Phi) is 5.62. The van der Waals surface area contributed by atoms with Gasteiger partial charge < -0.3 is 14.5 Å². The van der Waals surface area contributed by atoms with Crippen molar-refractivity contribution in [3.05, 3.63) is 47.9 Å². The fraction of sp³-hybridized carbons (Fsp3) is 0.333. The van der Waals surface area contributed by atoms with E-state index < -0.39 is 28.5 Å². The van der Waals surface area contributed by atoms with Gasteiger partial charge in [0.15, 0.2) is 6.61 Å². The lowest BCUT2D eigenvalue weighted by Gasteiger charge is -2.16. The number of sulfonamides is 1. The first-order chi connectivity index (χ1) is 12.9. The van der Waals surface area contributed by atoms with Gasteiger partial charge in [-0.15, -0.1) is 0 Å². The number of rotatable bonds is 6. The first-order valence-electron chi connectivity index (χ1n) is 8.49. The minimum atomic E-state index is -3.57. The van der Waals surface area contributed by atoms with Crippen LogP contribution in [-0.4, -0.2) is 44.3 Å². The quantitative estimate of drug-likeness (QED) is 0.755. The molecule has 144 valence electrons. The zero-order valence-electron chi connectivity index (χ0n) is 14.8. The highest BCUT2D eigenvalue weighted by molar-refractivity contribution is 7.89. The molecule has 27 heavy (non-hydrogen) atoms. The molecule has 1 aromatic carbocycles. The van der Waals surface area contributed by atoms with Gasteiger partial charge in [0.05, 0.1) is 11.2 Å². The lowest BCUT2D eigenvalue weighted by atomic mass is 10.3. The number of ether oxygens (including phenoxy) is 1. The molecule has 3 rings (SSSR count). The van der Waals surface area contributed by atoms with Crippen LogP contribution in [0.3, 0.4) is 0 Å². The normalized spacial score (nSPS) is 14.9. The second kappa shape index (κ2) is 7.93. The summed E-state index contributed by atoms with van der Waals surface area (Å²) in [5.41, 5.74) is 0.567. The number of hydrogen-bond acceptors (Lipinski definition) is 6. The second-order valence-corrected chi connectivity index (χ2v) is 8.09. The van der Waals surface area contributed by atoms with Crippen LogP contribution in [0.25, 0.3) is 0 Å². The van der Waals surface area contributed by atoms with Crippen LogP contribution >= 0.6 is 0 Å². The van der Waals surface area contributed by atoms with Gasteiger partial charge in [-0.3, -0.25) is 4.79 Å². The number of hydrogen-bond donors (Lipinski definition) is 1. The summed E-state index contributed by atoms with van der Waals surface area (Å²) in [5.74, 6) is -0.831. The van der Waals surface area contributed by atoms with E-state index in [0.29, 0.717) is 24.5 Å². The van der Waals surface area contributed by atoms with Crippen LogP contribution in [-0.2, 0) is 19.6 Å². The third-order valence-electron chi connectivity index (χ3n) is 4.23. The molecule has 0 unspecified atom stereocenters. The topological polar surface area (TPSA) is 106 Å². The third kappa shape index (κ3) is 4.37. The Hall–Kier alpha value is -2.65. The van der Waals surface area contributed by atoms with Gasteiger partial charge in [0.2, 0.25) is 10.0 Å². The molecule has 2 aromatic rings. The van der Waals surface area contributed by atoms with Crippen LogP contribution in [0.15, 0.2) is 45.9 Å². The first-order valence-corrected chi connectivity index (χ1v) is 9.93. The van der Waals surface area contributed by atoms with Crippen molar-refractivity contribution >= 4 is 27.6 Å². The second-order valence-electron chi connectivity index (χ2n) is 6.15. The molecule has 0 saturated carbocycles. The van der Waals surface area contributed by atoms with Gasteiger partial charge in [0.1, 0.15) is 11.3 Å². The van der Waals surface area contributed by atoms with E-state index in [4.69, 9.17) is 9.15 Å². The lowest BCUT2D eigenvalue weighted by Crippen LogP contribution is -2.28. The van der Waals surface area contributed by atoms with Gasteiger partial charge in [-0.2, -0.15) is 4.31 Å². The molecule has 0 bridgehead atoms. The van der Waals surface area contributed by atoms with Crippen molar-refractivity contribution in [1.29, 1.82) is 0 Å². The van der Waals surface area contributed by atoms with Gasteiger partial charge in [-0.25, -0.2) is 13.2 Å². The van der Waals surface area contributed by atoms with Crippen molar-refractivity contribution in [1.82, 2.24) is 4.31 Å². The summed E-state index contributed by atoms with van der Waals surface area (Å²) >= 11 is 0. The van der Waals surface area contributed by atoms with Gasteiger partial charge >= 0.3 is 5.97 Å². The molecular formula is C18H20N2O6S. The maximum Gasteiger partial charge on any atom is 0.342 e. The smallest absolute Gasteiger partial charge is 0.342 e. The highest BCUT2D eigenvalue weighted by Gasteiger charge is 2.27. The zero-order chi connectivity index (χ0) is 19.4. The van der Waals surface area contributed by atoms with E-state index in [1.54, 1.807) is 19.1 Å². The van der Waals surface area contributed by atoms with Gasteiger partial charge in [-0.05, 0) is 44.0 Å². The zero-order valence-corrected chi connectivity index (χ0v) is 15.6. The summed E-state index contributed by atoms with van der Waals surface area (Å²) in [4.78, 5) is 24.0. The van der Waals surface area contributed by atoms with E-state index in [-0.39, 0.29) is 10.5 Å². The summed E-state index contributed by atoms with van der Waals surface area (Å²) in [6, 6.07) is 7.48. The van der Waals surface area contributed by atoms with Crippen LogP contribution < -0.4 is 5.32 Å². The number of furan rings is 1. The van der Waals surface area contributed by atoms with E-state index in [1.165, 1.54) is 28.8 Å². The van der Waals surface area contributed by atoms with Crippen LogP contribution in [0.1, 0.15) is 29.0 Å². The number of nitrogens with zero attached hydrogens (tertiary/aromatic N) is 1. The summed E-state index contributed by atoms with van der Waals surface area (Å²) in [5, 5.41) is 2.54. The van der Waals surface area contributed by atoms with Gasteiger partial charge in [-0.1, -0.05) is 6.07 Å². The molecule has 1 saturated heterocycles. The molecule has 1 aliphatic heterocycles. The highest BCUT2D eigenvalue weighted by Crippen LogP contribution is 2.23. The Morgan fingerprint density at radius 3 is 2.63 bits per heavy atom. The maximum atomic E-state index is 12.6. The van der Waals surface area contributed by atoms with E-state index >= 15 is 0 Å². The Labute approximate surface area is 157 Å². The minimum Gasteiger partial charge on any atom is -0.469 e. The molecule has 1 aliphatic rings. The number of carbonyl (C=O) groups is 2. The first kappa shape index (κ1) is 19.1. The number of carbonyl (C=O) groups excluding carboxylic acids is 2. The van der Waals surface area contributed by atoms with Crippen molar-refractivity contribution in [2.75, 3.05) is 25.0 Å². The van der Waals surface area contributed by atoms with Crippen molar-refractivity contribution in [2.45, 2.75) is 24.7 Å². The molecule has 1 aromatic heterocycles. The third-order valence-corrected chi connectivity index (χ3v) is 6.13. The number of anilines is 1. The van der Waals surface area contributed by atoms with E-state index in [0.717, 1.165) is 12.8 Å². The minimum absolute atomic E-state index is 0.119. The van der Waals surface area contributed by atoms with Crippen molar-refractivity contribution in [2.24, 2.45) is 0 Å². The summed E-state index contributed by atoms with van der Waals surface area (Å²) in [7, 11) is -3.57. The fourth-order valence-corrected chi connectivity index (χ4v) is 4.38. The van der Waals surface area contributed by atoms with E-state index in [9.17, 15) is 18.0 Å². The molecular weight excluding hydrogens is 372 g/mol. The number of benzene rings is 1. The largest absolute Gasteiger partial charge is 0.469 e. The fourth-order valence-electron chi connectivity index (χ4n) is 2.81. The van der Waals surface area contributed by atoms with Gasteiger partial charge in [0.25, 0.3) is 5.91 Å². The maximum absolute atomic E-state index is 12.6. The molecule has 8 nitrogen and oxygen atoms in total. The molecule has 2 heterocycles. The summed E-state index contributed by atoms with van der Waals surface area (Å²) in [6.07, 6.45) is 3.05. The average Bonchev–Trinajstić information content (AvgIpc) is 3.32. The van der Waals surface area contributed by atoms with E-state index in [2.05, 4.69) is 5.32 Å². The molecule has 1 amide bonds. The van der Waals surface area contributed by atoms with Crippen molar-refractivity contribution in [3.8, 4) is 0 Å². The Bertz CT molecular complexity index is 944. The standard InChI is InChI=1S/C18H20N2O6S/c1-13-16(7-10-25-13)18(22)26-12-17(21)19-14-5-4-6-15(11-14)27(23,24)20-8-2-3-9-20/h4-7,10-11H,2-3,8-9,12H2,1H3,(H,19,21). The Balaban J connectivity index is 1.61. The predicted molar refractivity (Wildman–Crippen MR) is 96.8 cm³/mol. The van der Waals surface area contributed by atoms with Crippen LogP contribution in [0.4, 0.5) is 5.69 Å². The molecule has 0 radical (unpaired) electrons. The number of esters is 1. The Morgan fingerprint density at radius 1 is 1.22 bits per heavy atom. The summed E-state index contributed by atoms with van der Waals surface area (Å²) in [6.45, 7) is 2.13. The predicted octanol–water partition coefficient (Wildman–Crippen LogP) is 2.17. The summed E-state index contributed by atoms with van der Waals surface area (Å²) < 4.78 is 36.6. The monoisotopic (exact) mass is 392 g/mol. The van der Waals surface area contributed by atoms with Crippen LogP contribution in [0, 0.1) is 6.92 Å². The SMILES string of the molecule is Cc1occc1C(=O)OCC(=O)Nc1cccc(S(=O)(=O)N2CCCC2)c1. The van der Waals surface area contributed by atoms with Gasteiger partial charge in [0, 0.05) is 18.8 Å².